The molecule has 0 fully saturated rings. The molecule has 1 atom stereocenters. The van der Waals surface area contributed by atoms with Crippen LogP contribution in [0.1, 0.15) is 23.5 Å². The van der Waals surface area contributed by atoms with Crippen molar-refractivity contribution in [1.29, 1.82) is 0 Å². The highest BCUT2D eigenvalue weighted by atomic mass is 16.5. The van der Waals surface area contributed by atoms with Gasteiger partial charge >= 0.3 is 5.97 Å². The zero-order valence-corrected chi connectivity index (χ0v) is 16.5. The minimum Gasteiger partial charge on any atom is -0.497 e. The molecule has 0 amide bonds. The van der Waals surface area contributed by atoms with E-state index in [2.05, 4.69) is 10.2 Å². The third kappa shape index (κ3) is 2.70. The molecule has 3 heterocycles. The van der Waals surface area contributed by atoms with E-state index in [1.54, 1.807) is 24.9 Å². The summed E-state index contributed by atoms with van der Waals surface area (Å²) in [6, 6.07) is 15.0. The average molecular weight is 401 g/mol. The van der Waals surface area contributed by atoms with Gasteiger partial charge in [-0.1, -0.05) is 12.1 Å². The Balaban J connectivity index is 1.73. The Morgan fingerprint density at radius 3 is 2.67 bits per heavy atom. The highest BCUT2D eigenvalue weighted by Gasteiger charge is 2.35. The van der Waals surface area contributed by atoms with Crippen molar-refractivity contribution in [3.8, 4) is 22.8 Å². The fourth-order valence-electron chi connectivity index (χ4n) is 4.15. The number of carbonyl (C=O) groups excluding carboxylic acids is 1. The van der Waals surface area contributed by atoms with Crippen molar-refractivity contribution in [1.82, 2.24) is 14.8 Å². The molecule has 0 unspecified atom stereocenters. The molecule has 0 radical (unpaired) electrons. The van der Waals surface area contributed by atoms with Gasteiger partial charge in [-0.25, -0.2) is 0 Å². The number of ether oxygens (including phenoxy) is 2. The van der Waals surface area contributed by atoms with Crippen LogP contribution in [0.3, 0.4) is 0 Å². The largest absolute Gasteiger partial charge is 0.497 e. The molecule has 2 aromatic carbocycles. The Morgan fingerprint density at radius 1 is 1.13 bits per heavy atom. The number of carbonyl (C=O) groups is 1. The molecular formula is C23H19N3O4. The van der Waals surface area contributed by atoms with E-state index in [-0.39, 0.29) is 17.9 Å². The molecule has 150 valence electrons. The predicted octanol–water partition coefficient (Wildman–Crippen LogP) is 3.38. The van der Waals surface area contributed by atoms with Crippen molar-refractivity contribution in [2.75, 3.05) is 7.11 Å². The Kier molecular flexibility index (Phi) is 4.17. The number of nitrogens with one attached hydrogen (secondary N) is 1. The molecule has 1 aliphatic heterocycles. The first-order chi connectivity index (χ1) is 14.6. The molecule has 7 nitrogen and oxygen atoms in total. The van der Waals surface area contributed by atoms with Crippen molar-refractivity contribution >= 4 is 16.9 Å². The number of aromatic amines is 1. The molecule has 4 aromatic rings. The quantitative estimate of drug-likeness (QED) is 0.532. The summed E-state index contributed by atoms with van der Waals surface area (Å²) < 4.78 is 12.4. The number of hydrogen-bond donors (Lipinski definition) is 1. The Bertz CT molecular complexity index is 1340. The van der Waals surface area contributed by atoms with E-state index in [9.17, 15) is 9.59 Å². The van der Waals surface area contributed by atoms with E-state index in [0.717, 1.165) is 33.5 Å². The van der Waals surface area contributed by atoms with Crippen LogP contribution in [0.25, 0.3) is 22.2 Å². The lowest BCUT2D eigenvalue weighted by atomic mass is 9.85. The third-order valence-electron chi connectivity index (χ3n) is 5.65. The summed E-state index contributed by atoms with van der Waals surface area (Å²) in [5.74, 6) is 0.261. The number of nitrogens with zero attached hydrogens (tertiary/aromatic N) is 2. The number of pyridine rings is 1. The number of fused-ring (bicyclic) bond motifs is 3. The van der Waals surface area contributed by atoms with Crippen LogP contribution in [0.2, 0.25) is 0 Å². The van der Waals surface area contributed by atoms with Crippen LogP contribution in [0.4, 0.5) is 0 Å². The summed E-state index contributed by atoms with van der Waals surface area (Å²) >= 11 is 0. The molecule has 0 saturated heterocycles. The third-order valence-corrected chi connectivity index (χ3v) is 5.65. The summed E-state index contributed by atoms with van der Waals surface area (Å²) in [6.07, 6.45) is 1.75. The highest BCUT2D eigenvalue weighted by molar-refractivity contribution is 5.92. The van der Waals surface area contributed by atoms with Gasteiger partial charge in [-0.3, -0.25) is 14.7 Å². The van der Waals surface area contributed by atoms with Gasteiger partial charge in [0.1, 0.15) is 11.5 Å². The zero-order valence-electron chi connectivity index (χ0n) is 16.5. The zero-order chi connectivity index (χ0) is 20.8. The molecule has 5 rings (SSSR count). The summed E-state index contributed by atoms with van der Waals surface area (Å²) in [7, 11) is 3.35. The van der Waals surface area contributed by atoms with Gasteiger partial charge in [-0.05, 0) is 36.4 Å². The van der Waals surface area contributed by atoms with Crippen LogP contribution in [-0.2, 0) is 11.8 Å². The molecule has 0 spiro atoms. The number of aromatic nitrogens is 3. The van der Waals surface area contributed by atoms with Crippen LogP contribution >= 0.6 is 0 Å². The summed E-state index contributed by atoms with van der Waals surface area (Å²) in [6.45, 7) is 0. The van der Waals surface area contributed by atoms with Crippen molar-refractivity contribution < 1.29 is 14.3 Å². The van der Waals surface area contributed by atoms with Gasteiger partial charge in [0.25, 0.3) is 5.56 Å². The van der Waals surface area contributed by atoms with Crippen molar-refractivity contribution in [2.45, 2.75) is 12.3 Å². The van der Waals surface area contributed by atoms with Gasteiger partial charge in [-0.2, -0.15) is 5.10 Å². The first-order valence-electron chi connectivity index (χ1n) is 9.58. The maximum Gasteiger partial charge on any atom is 0.312 e. The Morgan fingerprint density at radius 2 is 1.90 bits per heavy atom. The monoisotopic (exact) mass is 401 g/mol. The first kappa shape index (κ1) is 18.2. The smallest absolute Gasteiger partial charge is 0.312 e. The molecule has 1 aliphatic rings. The molecule has 0 bridgehead atoms. The van der Waals surface area contributed by atoms with Crippen LogP contribution < -0.4 is 15.0 Å². The van der Waals surface area contributed by atoms with E-state index >= 15 is 0 Å². The number of methoxy groups -OCH3 is 1. The summed E-state index contributed by atoms with van der Waals surface area (Å²) in [4.78, 5) is 25.8. The number of para-hydroxylation sites is 1. The van der Waals surface area contributed by atoms with Crippen LogP contribution in [0.5, 0.6) is 11.5 Å². The second-order valence-corrected chi connectivity index (χ2v) is 7.28. The second-order valence-electron chi connectivity index (χ2n) is 7.28. The van der Waals surface area contributed by atoms with Crippen molar-refractivity contribution in [3.05, 3.63) is 76.2 Å². The number of benzene rings is 2. The highest BCUT2D eigenvalue weighted by Crippen LogP contribution is 2.42. The van der Waals surface area contributed by atoms with E-state index < -0.39 is 5.92 Å². The van der Waals surface area contributed by atoms with E-state index in [4.69, 9.17) is 9.47 Å². The van der Waals surface area contributed by atoms with Gasteiger partial charge in [-0.15, -0.1) is 0 Å². The fourth-order valence-corrected chi connectivity index (χ4v) is 4.15. The van der Waals surface area contributed by atoms with Gasteiger partial charge in [0, 0.05) is 29.5 Å². The minimum atomic E-state index is -0.458. The molecule has 0 saturated carbocycles. The van der Waals surface area contributed by atoms with Crippen LogP contribution in [-0.4, -0.2) is 27.8 Å². The van der Waals surface area contributed by atoms with E-state index in [1.165, 1.54) is 0 Å². The van der Waals surface area contributed by atoms with Gasteiger partial charge in [0.05, 0.1) is 36.5 Å². The fraction of sp³-hybridized carbons (Fsp3) is 0.174. The maximum absolute atomic E-state index is 13.3. The number of aryl methyl sites for hydroxylation is 1. The van der Waals surface area contributed by atoms with Crippen LogP contribution in [0.15, 0.2) is 59.5 Å². The Labute approximate surface area is 171 Å². The lowest BCUT2D eigenvalue weighted by Gasteiger charge is -2.26. The maximum atomic E-state index is 13.3. The lowest BCUT2D eigenvalue weighted by molar-refractivity contribution is -0.135. The van der Waals surface area contributed by atoms with Crippen molar-refractivity contribution in [2.24, 2.45) is 7.05 Å². The second kappa shape index (κ2) is 6.88. The molecule has 2 aromatic heterocycles. The van der Waals surface area contributed by atoms with Gasteiger partial charge in [0.2, 0.25) is 0 Å². The van der Waals surface area contributed by atoms with Gasteiger partial charge < -0.3 is 14.0 Å². The standard InChI is InChI=1S/C23H19N3O4/c1-26-18-6-4-3-5-15(18)22-20(23(26)28)16(11-19(27)30-22)17-12-24-25-21(17)13-7-9-14(29-2)10-8-13/h3-10,12,16H,11H2,1-2H3,(H,24,25)/t16-/m0/s1. The number of esters is 1. The molecule has 7 heteroatoms. The normalized spacial score (nSPS) is 15.7. The Hall–Kier alpha value is -3.87. The molecule has 1 N–H and O–H groups in total. The first-order valence-corrected chi connectivity index (χ1v) is 9.58. The van der Waals surface area contributed by atoms with E-state index in [1.807, 2.05) is 48.5 Å². The summed E-state index contributed by atoms with van der Waals surface area (Å²) in [5, 5.41) is 7.97. The molecular weight excluding hydrogens is 382 g/mol. The number of rotatable bonds is 3. The lowest BCUT2D eigenvalue weighted by Crippen LogP contribution is -2.31. The van der Waals surface area contributed by atoms with Crippen LogP contribution in [0, 0.1) is 0 Å². The number of H-pyrrole nitrogens is 1. The molecule has 30 heavy (non-hydrogen) atoms. The summed E-state index contributed by atoms with van der Waals surface area (Å²) in [5.41, 5.74) is 3.46. The predicted molar refractivity (Wildman–Crippen MR) is 112 cm³/mol. The number of hydrogen-bond acceptors (Lipinski definition) is 5. The van der Waals surface area contributed by atoms with E-state index in [0.29, 0.717) is 11.3 Å². The SMILES string of the molecule is COc1ccc(-c2[nH]ncc2[C@@H]2CC(=O)Oc3c2c(=O)n(C)c2ccccc32)cc1. The van der Waals surface area contributed by atoms with Gasteiger partial charge in [0.15, 0.2) is 0 Å². The molecule has 0 aliphatic carbocycles. The average Bonchev–Trinajstić information content (AvgIpc) is 3.27. The minimum absolute atomic E-state index is 0.0727. The topological polar surface area (TPSA) is 86.2 Å². The van der Waals surface area contributed by atoms with Crippen molar-refractivity contribution in [3.63, 3.8) is 0 Å².